The number of fused-ring (bicyclic) bond motifs is 1. The summed E-state index contributed by atoms with van der Waals surface area (Å²) < 4.78 is 27.2. The number of rotatable bonds is 3. The topological polar surface area (TPSA) is 79.0 Å². The van der Waals surface area contributed by atoms with Gasteiger partial charge in [-0.1, -0.05) is 0 Å². The van der Waals surface area contributed by atoms with Crippen LogP contribution in [0.4, 0.5) is 0 Å². The highest BCUT2D eigenvalue weighted by Crippen LogP contribution is 2.31. The summed E-state index contributed by atoms with van der Waals surface area (Å²) in [4.78, 5) is 11.8. The number of hydrogen-bond acceptors (Lipinski definition) is 4. The Kier molecular flexibility index (Phi) is 3.82. The van der Waals surface area contributed by atoms with Gasteiger partial charge in [0, 0.05) is 48.7 Å². The van der Waals surface area contributed by atoms with Crippen molar-refractivity contribution in [1.82, 2.24) is 19.3 Å². The zero-order chi connectivity index (χ0) is 16.6. The SMILES string of the molecule is O=S(=O)(c1cccnc1)N1CCCC(c2cc3cccnc3[nH]2)C1. The third kappa shape index (κ3) is 2.70. The molecule has 7 heteroatoms. The zero-order valence-corrected chi connectivity index (χ0v) is 13.9. The van der Waals surface area contributed by atoms with Gasteiger partial charge in [-0.3, -0.25) is 4.98 Å². The van der Waals surface area contributed by atoms with Crippen LogP contribution in [0.1, 0.15) is 24.5 Å². The van der Waals surface area contributed by atoms with E-state index < -0.39 is 10.0 Å². The fourth-order valence-corrected chi connectivity index (χ4v) is 4.75. The van der Waals surface area contributed by atoms with Gasteiger partial charge in [0.25, 0.3) is 0 Å². The van der Waals surface area contributed by atoms with E-state index in [2.05, 4.69) is 21.0 Å². The zero-order valence-electron chi connectivity index (χ0n) is 13.1. The lowest BCUT2D eigenvalue weighted by atomic mass is 9.96. The summed E-state index contributed by atoms with van der Waals surface area (Å²) in [6, 6.07) is 9.24. The molecule has 1 fully saturated rings. The first-order valence-electron chi connectivity index (χ1n) is 7.98. The lowest BCUT2D eigenvalue weighted by Gasteiger charge is -2.31. The van der Waals surface area contributed by atoms with Crippen molar-refractivity contribution in [2.24, 2.45) is 0 Å². The fraction of sp³-hybridized carbons (Fsp3) is 0.294. The maximum atomic E-state index is 12.8. The van der Waals surface area contributed by atoms with Crippen LogP contribution in [0.3, 0.4) is 0 Å². The highest BCUT2D eigenvalue weighted by atomic mass is 32.2. The monoisotopic (exact) mass is 342 g/mol. The van der Waals surface area contributed by atoms with Crippen molar-refractivity contribution in [2.45, 2.75) is 23.7 Å². The van der Waals surface area contributed by atoms with Crippen LogP contribution in [0.25, 0.3) is 11.0 Å². The molecule has 1 aliphatic heterocycles. The van der Waals surface area contributed by atoms with Crippen molar-refractivity contribution >= 4 is 21.1 Å². The number of nitrogens with one attached hydrogen (secondary N) is 1. The Morgan fingerprint density at radius 2 is 2.08 bits per heavy atom. The van der Waals surface area contributed by atoms with Crippen LogP contribution >= 0.6 is 0 Å². The Labute approximate surface area is 140 Å². The van der Waals surface area contributed by atoms with Gasteiger partial charge in [0.05, 0.1) is 0 Å². The lowest BCUT2D eigenvalue weighted by Crippen LogP contribution is -2.39. The Bertz CT molecular complexity index is 920. The minimum atomic E-state index is -3.49. The van der Waals surface area contributed by atoms with Crippen LogP contribution < -0.4 is 0 Å². The predicted molar refractivity (Wildman–Crippen MR) is 91.1 cm³/mol. The van der Waals surface area contributed by atoms with Crippen LogP contribution in [0, 0.1) is 0 Å². The van der Waals surface area contributed by atoms with Gasteiger partial charge in [0.1, 0.15) is 10.5 Å². The van der Waals surface area contributed by atoms with Gasteiger partial charge in [0.2, 0.25) is 10.0 Å². The second-order valence-corrected chi connectivity index (χ2v) is 7.99. The first-order chi connectivity index (χ1) is 11.6. The number of pyridine rings is 2. The molecule has 3 aromatic heterocycles. The number of aromatic amines is 1. The molecule has 24 heavy (non-hydrogen) atoms. The van der Waals surface area contributed by atoms with Crippen LogP contribution in [-0.2, 0) is 10.0 Å². The summed E-state index contributed by atoms with van der Waals surface area (Å²) in [6.07, 6.45) is 6.54. The maximum Gasteiger partial charge on any atom is 0.244 e. The summed E-state index contributed by atoms with van der Waals surface area (Å²) in [5.74, 6) is 0.152. The third-order valence-electron chi connectivity index (χ3n) is 4.51. The van der Waals surface area contributed by atoms with Crippen LogP contribution in [0.15, 0.2) is 53.8 Å². The average molecular weight is 342 g/mol. The summed E-state index contributed by atoms with van der Waals surface area (Å²) >= 11 is 0. The predicted octanol–water partition coefficient (Wildman–Crippen LogP) is 2.53. The highest BCUT2D eigenvalue weighted by molar-refractivity contribution is 7.89. The number of piperidine rings is 1. The van der Waals surface area contributed by atoms with Gasteiger partial charge < -0.3 is 4.98 Å². The van der Waals surface area contributed by atoms with Crippen LogP contribution in [0.2, 0.25) is 0 Å². The number of aromatic nitrogens is 3. The first-order valence-corrected chi connectivity index (χ1v) is 9.42. The molecule has 0 aromatic carbocycles. The largest absolute Gasteiger partial charge is 0.343 e. The molecule has 1 aliphatic rings. The summed E-state index contributed by atoms with van der Waals surface area (Å²) in [5.41, 5.74) is 1.90. The van der Waals surface area contributed by atoms with E-state index in [0.717, 1.165) is 29.6 Å². The Hall–Kier alpha value is -2.25. The molecule has 1 atom stereocenters. The maximum absolute atomic E-state index is 12.8. The van der Waals surface area contributed by atoms with Crippen molar-refractivity contribution in [1.29, 1.82) is 0 Å². The minimum Gasteiger partial charge on any atom is -0.343 e. The summed E-state index contributed by atoms with van der Waals surface area (Å²) in [7, 11) is -3.49. The van der Waals surface area contributed by atoms with E-state index in [-0.39, 0.29) is 10.8 Å². The van der Waals surface area contributed by atoms with E-state index in [1.54, 1.807) is 28.8 Å². The average Bonchev–Trinajstić information content (AvgIpc) is 3.07. The third-order valence-corrected chi connectivity index (χ3v) is 6.36. The molecule has 4 rings (SSSR count). The van der Waals surface area contributed by atoms with Crippen molar-refractivity contribution in [3.05, 3.63) is 54.6 Å². The normalized spacial score (nSPS) is 19.6. The van der Waals surface area contributed by atoms with E-state index in [4.69, 9.17) is 0 Å². The molecule has 0 radical (unpaired) electrons. The van der Waals surface area contributed by atoms with Gasteiger partial charge in [-0.05, 0) is 43.2 Å². The smallest absolute Gasteiger partial charge is 0.244 e. The van der Waals surface area contributed by atoms with E-state index in [1.807, 2.05) is 12.1 Å². The minimum absolute atomic E-state index is 0.152. The van der Waals surface area contributed by atoms with E-state index >= 15 is 0 Å². The Morgan fingerprint density at radius 3 is 2.88 bits per heavy atom. The fourth-order valence-electron chi connectivity index (χ4n) is 3.26. The lowest BCUT2D eigenvalue weighted by molar-refractivity contribution is 0.313. The molecule has 0 aliphatic carbocycles. The number of hydrogen-bond donors (Lipinski definition) is 1. The molecular weight excluding hydrogens is 324 g/mol. The van der Waals surface area contributed by atoms with E-state index in [1.165, 1.54) is 6.20 Å². The van der Waals surface area contributed by atoms with Gasteiger partial charge in [-0.15, -0.1) is 0 Å². The standard InChI is InChI=1S/C17H18N4O2S/c22-24(23,15-6-2-7-18-11-15)21-9-3-5-14(12-21)16-10-13-4-1-8-19-17(13)20-16/h1-2,4,6-8,10-11,14H,3,5,9,12H2,(H,19,20). The molecule has 4 heterocycles. The molecule has 1 unspecified atom stereocenters. The molecule has 0 saturated carbocycles. The number of nitrogens with zero attached hydrogens (tertiary/aromatic N) is 3. The quantitative estimate of drug-likeness (QED) is 0.793. The molecule has 0 bridgehead atoms. The first kappa shape index (κ1) is 15.3. The molecule has 6 nitrogen and oxygen atoms in total. The van der Waals surface area contributed by atoms with E-state index in [9.17, 15) is 8.42 Å². The van der Waals surface area contributed by atoms with E-state index in [0.29, 0.717) is 13.1 Å². The number of H-pyrrole nitrogens is 1. The second-order valence-electron chi connectivity index (χ2n) is 6.06. The molecule has 124 valence electrons. The van der Waals surface area contributed by atoms with Crippen LogP contribution in [-0.4, -0.2) is 40.8 Å². The van der Waals surface area contributed by atoms with Gasteiger partial charge >= 0.3 is 0 Å². The molecule has 0 amide bonds. The van der Waals surface area contributed by atoms with Gasteiger partial charge in [-0.25, -0.2) is 13.4 Å². The van der Waals surface area contributed by atoms with Crippen LogP contribution in [0.5, 0.6) is 0 Å². The van der Waals surface area contributed by atoms with Crippen molar-refractivity contribution < 1.29 is 8.42 Å². The Balaban J connectivity index is 1.62. The molecule has 1 saturated heterocycles. The van der Waals surface area contributed by atoms with Crippen molar-refractivity contribution in [3.8, 4) is 0 Å². The summed E-state index contributed by atoms with van der Waals surface area (Å²) in [5, 5.41) is 1.06. The number of sulfonamides is 1. The summed E-state index contributed by atoms with van der Waals surface area (Å²) in [6.45, 7) is 1.02. The second kappa shape index (κ2) is 5.99. The molecule has 0 spiro atoms. The van der Waals surface area contributed by atoms with Gasteiger partial charge in [0.15, 0.2) is 0 Å². The van der Waals surface area contributed by atoms with Crippen molar-refractivity contribution in [3.63, 3.8) is 0 Å². The molecule has 1 N–H and O–H groups in total. The van der Waals surface area contributed by atoms with Crippen molar-refractivity contribution in [2.75, 3.05) is 13.1 Å². The molecular formula is C17H18N4O2S. The molecule has 3 aromatic rings. The highest BCUT2D eigenvalue weighted by Gasteiger charge is 2.31. The Morgan fingerprint density at radius 1 is 1.21 bits per heavy atom. The van der Waals surface area contributed by atoms with Gasteiger partial charge in [-0.2, -0.15) is 4.31 Å².